The van der Waals surface area contributed by atoms with Gasteiger partial charge in [-0.15, -0.1) is 0 Å². The van der Waals surface area contributed by atoms with Crippen molar-refractivity contribution >= 4 is 16.9 Å². The lowest BCUT2D eigenvalue weighted by molar-refractivity contribution is -0.144. The molecule has 2 aromatic carbocycles. The summed E-state index contributed by atoms with van der Waals surface area (Å²) in [5.41, 5.74) is 4.10. The number of aryl methyl sites for hydroxylation is 2. The van der Waals surface area contributed by atoms with E-state index in [1.807, 2.05) is 43.5 Å². The predicted molar refractivity (Wildman–Crippen MR) is 101 cm³/mol. The van der Waals surface area contributed by atoms with Crippen LogP contribution in [0.1, 0.15) is 23.1 Å². The summed E-state index contributed by atoms with van der Waals surface area (Å²) in [6.07, 6.45) is 2.94. The molecule has 136 valence electrons. The molecule has 5 nitrogen and oxygen atoms in total. The number of aromatic amines is 1. The Kier molecular flexibility index (Phi) is 5.46. The molecule has 3 aromatic rings. The minimum Gasteiger partial charge on any atom is -0.493 e. The van der Waals surface area contributed by atoms with E-state index in [0.717, 1.165) is 27.6 Å². The third-order valence-corrected chi connectivity index (χ3v) is 4.50. The zero-order valence-corrected chi connectivity index (χ0v) is 15.3. The summed E-state index contributed by atoms with van der Waals surface area (Å²) in [5, 5.41) is 1.15. The molecule has 0 aliphatic rings. The zero-order chi connectivity index (χ0) is 18.5. The van der Waals surface area contributed by atoms with Crippen LogP contribution in [0.15, 0.2) is 42.6 Å². The average molecular weight is 353 g/mol. The van der Waals surface area contributed by atoms with Crippen LogP contribution in [0.3, 0.4) is 0 Å². The number of methoxy groups -OCH3 is 2. The number of carbonyl (C=O) groups is 1. The van der Waals surface area contributed by atoms with Gasteiger partial charge in [0.1, 0.15) is 6.61 Å². The summed E-state index contributed by atoms with van der Waals surface area (Å²) in [5.74, 6) is 1.08. The molecule has 0 amide bonds. The van der Waals surface area contributed by atoms with Crippen molar-refractivity contribution in [3.8, 4) is 11.5 Å². The molecule has 0 radical (unpaired) electrons. The Morgan fingerprint density at radius 2 is 1.77 bits per heavy atom. The molecule has 0 aliphatic carbocycles. The fraction of sp³-hybridized carbons (Fsp3) is 0.286. The molecule has 1 aromatic heterocycles. The van der Waals surface area contributed by atoms with Crippen LogP contribution in [0.25, 0.3) is 10.9 Å². The van der Waals surface area contributed by atoms with Crippen molar-refractivity contribution in [2.45, 2.75) is 26.4 Å². The molecular formula is C21H23NO4. The van der Waals surface area contributed by atoms with Gasteiger partial charge in [0.05, 0.1) is 14.2 Å². The van der Waals surface area contributed by atoms with Crippen LogP contribution < -0.4 is 9.47 Å². The number of carbonyl (C=O) groups excluding carboxylic acids is 1. The second-order valence-electron chi connectivity index (χ2n) is 6.15. The topological polar surface area (TPSA) is 60.5 Å². The van der Waals surface area contributed by atoms with E-state index in [1.54, 1.807) is 14.2 Å². The van der Waals surface area contributed by atoms with Gasteiger partial charge in [0, 0.05) is 23.5 Å². The molecule has 0 fully saturated rings. The molecule has 0 bridgehead atoms. The quantitative estimate of drug-likeness (QED) is 0.648. The fourth-order valence-electron chi connectivity index (χ4n) is 2.98. The third kappa shape index (κ3) is 3.82. The number of ether oxygens (including phenoxy) is 3. The molecule has 0 unspecified atom stereocenters. The minimum atomic E-state index is -0.218. The smallest absolute Gasteiger partial charge is 0.306 e. The molecule has 1 heterocycles. The Bertz CT molecular complexity index is 914. The van der Waals surface area contributed by atoms with Gasteiger partial charge in [0.2, 0.25) is 0 Å². The number of rotatable bonds is 7. The van der Waals surface area contributed by atoms with Crippen molar-refractivity contribution in [2.24, 2.45) is 0 Å². The summed E-state index contributed by atoms with van der Waals surface area (Å²) in [4.78, 5) is 15.4. The van der Waals surface area contributed by atoms with Crippen molar-refractivity contribution in [2.75, 3.05) is 14.2 Å². The molecule has 3 rings (SSSR count). The monoisotopic (exact) mass is 353 g/mol. The molecule has 0 aliphatic heterocycles. The highest BCUT2D eigenvalue weighted by Gasteiger charge is 2.12. The number of esters is 1. The van der Waals surface area contributed by atoms with Gasteiger partial charge < -0.3 is 19.2 Å². The highest BCUT2D eigenvalue weighted by Crippen LogP contribution is 2.30. The van der Waals surface area contributed by atoms with Crippen LogP contribution in [-0.4, -0.2) is 25.2 Å². The van der Waals surface area contributed by atoms with Crippen LogP contribution in [-0.2, 0) is 22.6 Å². The van der Waals surface area contributed by atoms with Gasteiger partial charge in [-0.2, -0.15) is 0 Å². The second-order valence-corrected chi connectivity index (χ2v) is 6.15. The van der Waals surface area contributed by atoms with Crippen LogP contribution in [0.2, 0.25) is 0 Å². The van der Waals surface area contributed by atoms with Gasteiger partial charge in [-0.1, -0.05) is 18.2 Å². The van der Waals surface area contributed by atoms with Crippen molar-refractivity contribution < 1.29 is 19.0 Å². The van der Waals surface area contributed by atoms with E-state index in [0.29, 0.717) is 24.3 Å². The first kappa shape index (κ1) is 17.9. The Morgan fingerprint density at radius 1 is 1.04 bits per heavy atom. The molecular weight excluding hydrogens is 330 g/mol. The molecule has 0 saturated carbocycles. The number of benzene rings is 2. The Hall–Kier alpha value is -2.95. The zero-order valence-electron chi connectivity index (χ0n) is 15.3. The third-order valence-electron chi connectivity index (χ3n) is 4.50. The summed E-state index contributed by atoms with van der Waals surface area (Å²) in [6, 6.07) is 11.8. The maximum atomic E-state index is 12.1. The molecule has 26 heavy (non-hydrogen) atoms. The molecule has 0 saturated heterocycles. The minimum absolute atomic E-state index is 0.218. The highest BCUT2D eigenvalue weighted by molar-refractivity contribution is 5.83. The lowest BCUT2D eigenvalue weighted by Gasteiger charge is -2.13. The van der Waals surface area contributed by atoms with E-state index >= 15 is 0 Å². The van der Waals surface area contributed by atoms with Gasteiger partial charge in [-0.3, -0.25) is 4.79 Å². The van der Waals surface area contributed by atoms with E-state index in [2.05, 4.69) is 11.1 Å². The number of aromatic nitrogens is 1. The van der Waals surface area contributed by atoms with E-state index in [-0.39, 0.29) is 12.6 Å². The van der Waals surface area contributed by atoms with E-state index < -0.39 is 0 Å². The largest absolute Gasteiger partial charge is 0.493 e. The van der Waals surface area contributed by atoms with Crippen molar-refractivity contribution in [1.82, 2.24) is 4.98 Å². The Morgan fingerprint density at radius 3 is 2.54 bits per heavy atom. The van der Waals surface area contributed by atoms with Crippen LogP contribution in [0.5, 0.6) is 11.5 Å². The number of H-pyrrole nitrogens is 1. The van der Waals surface area contributed by atoms with Crippen molar-refractivity contribution in [1.29, 1.82) is 0 Å². The van der Waals surface area contributed by atoms with Gasteiger partial charge in [-0.25, -0.2) is 0 Å². The second kappa shape index (κ2) is 7.95. The Balaban J connectivity index is 1.59. The standard InChI is InChI=1S/C21H23NO4/c1-14-10-19(24-2)20(25-3)11-16(14)13-26-21(23)9-8-15-12-22-18-7-5-4-6-17(15)18/h4-7,10-12,22H,8-9,13H2,1-3H3. The maximum Gasteiger partial charge on any atom is 0.306 e. The van der Waals surface area contributed by atoms with Crippen LogP contribution in [0.4, 0.5) is 0 Å². The molecule has 0 spiro atoms. The van der Waals surface area contributed by atoms with Crippen LogP contribution >= 0.6 is 0 Å². The summed E-state index contributed by atoms with van der Waals surface area (Å²) in [6.45, 7) is 2.18. The lowest BCUT2D eigenvalue weighted by Crippen LogP contribution is -2.07. The van der Waals surface area contributed by atoms with Crippen LogP contribution in [0, 0.1) is 6.92 Å². The highest BCUT2D eigenvalue weighted by atomic mass is 16.5. The molecule has 0 atom stereocenters. The van der Waals surface area contributed by atoms with Gasteiger partial charge in [0.15, 0.2) is 11.5 Å². The Labute approximate surface area is 152 Å². The average Bonchev–Trinajstić information content (AvgIpc) is 3.08. The first-order chi connectivity index (χ1) is 12.6. The SMILES string of the molecule is COc1cc(C)c(COC(=O)CCc2c[nH]c3ccccc23)cc1OC. The lowest BCUT2D eigenvalue weighted by atomic mass is 10.1. The van der Waals surface area contributed by atoms with Crippen molar-refractivity contribution in [3.63, 3.8) is 0 Å². The number of hydrogen-bond acceptors (Lipinski definition) is 4. The number of para-hydroxylation sites is 1. The number of nitrogens with one attached hydrogen (secondary N) is 1. The maximum absolute atomic E-state index is 12.1. The van der Waals surface area contributed by atoms with E-state index in [4.69, 9.17) is 14.2 Å². The van der Waals surface area contributed by atoms with Crippen molar-refractivity contribution in [3.05, 3.63) is 59.3 Å². The molecule has 5 heteroatoms. The van der Waals surface area contributed by atoms with E-state index in [1.165, 1.54) is 0 Å². The predicted octanol–water partition coefficient (Wildman–Crippen LogP) is 4.17. The number of fused-ring (bicyclic) bond motifs is 1. The fourth-order valence-corrected chi connectivity index (χ4v) is 2.98. The first-order valence-electron chi connectivity index (χ1n) is 8.54. The van der Waals surface area contributed by atoms with Gasteiger partial charge in [-0.05, 0) is 48.2 Å². The normalized spacial score (nSPS) is 10.7. The summed E-state index contributed by atoms with van der Waals surface area (Å²) < 4.78 is 16.0. The summed E-state index contributed by atoms with van der Waals surface area (Å²) in [7, 11) is 3.19. The number of hydrogen-bond donors (Lipinski definition) is 1. The van der Waals surface area contributed by atoms with Gasteiger partial charge in [0.25, 0.3) is 0 Å². The van der Waals surface area contributed by atoms with Gasteiger partial charge >= 0.3 is 5.97 Å². The summed E-state index contributed by atoms with van der Waals surface area (Å²) >= 11 is 0. The first-order valence-corrected chi connectivity index (χ1v) is 8.54. The molecule has 1 N–H and O–H groups in total. The van der Waals surface area contributed by atoms with E-state index in [9.17, 15) is 4.79 Å².